The molecular formula is C28H31N. The Hall–Kier alpha value is -2.67. The molecule has 1 nitrogen and oxygen atoms in total. The molecular weight excluding hydrogens is 350 g/mol. The zero-order chi connectivity index (χ0) is 20.1. The maximum Gasteiger partial charge on any atom is 0.0708 e. The number of hydrogen-bond acceptors (Lipinski definition) is 1. The Kier molecular flexibility index (Phi) is 6.24. The van der Waals surface area contributed by atoms with Crippen molar-refractivity contribution in [1.82, 2.24) is 0 Å². The van der Waals surface area contributed by atoms with Crippen molar-refractivity contribution in [2.24, 2.45) is 4.99 Å². The average Bonchev–Trinajstić information content (AvgIpc) is 2.91. The minimum absolute atomic E-state index is 0.435. The summed E-state index contributed by atoms with van der Waals surface area (Å²) in [5, 5.41) is 0. The Labute approximate surface area is 175 Å². The molecule has 1 atom stereocenters. The lowest BCUT2D eigenvalue weighted by Crippen LogP contribution is -2.13. The molecule has 0 fully saturated rings. The molecule has 0 saturated carbocycles. The van der Waals surface area contributed by atoms with E-state index in [9.17, 15) is 0 Å². The molecule has 0 radical (unpaired) electrons. The Bertz CT molecular complexity index is 984. The lowest BCUT2D eigenvalue weighted by molar-refractivity contribution is 0.672. The summed E-state index contributed by atoms with van der Waals surface area (Å²) in [6.07, 6.45) is 7.18. The van der Waals surface area contributed by atoms with Gasteiger partial charge in [-0.15, -0.1) is 0 Å². The van der Waals surface area contributed by atoms with Gasteiger partial charge in [0.2, 0.25) is 0 Å². The highest BCUT2D eigenvalue weighted by atomic mass is 14.8. The molecule has 0 bridgehead atoms. The lowest BCUT2D eigenvalue weighted by Gasteiger charge is -2.20. The average molecular weight is 382 g/mol. The summed E-state index contributed by atoms with van der Waals surface area (Å²) >= 11 is 0. The molecule has 0 N–H and O–H groups in total. The summed E-state index contributed by atoms with van der Waals surface area (Å²) < 4.78 is 0. The van der Waals surface area contributed by atoms with Crippen LogP contribution in [0.15, 0.2) is 77.8 Å². The second-order valence-corrected chi connectivity index (χ2v) is 8.09. The van der Waals surface area contributed by atoms with Crippen LogP contribution in [-0.4, -0.2) is 5.71 Å². The van der Waals surface area contributed by atoms with Crippen LogP contribution in [0.4, 0.5) is 5.69 Å². The molecule has 0 saturated heterocycles. The van der Waals surface area contributed by atoms with E-state index >= 15 is 0 Å². The molecule has 0 spiro atoms. The molecule has 0 aromatic heterocycles. The Morgan fingerprint density at radius 1 is 0.724 bits per heavy atom. The van der Waals surface area contributed by atoms with Crippen LogP contribution in [0.25, 0.3) is 22.3 Å². The zero-order valence-electron chi connectivity index (χ0n) is 17.7. The summed E-state index contributed by atoms with van der Waals surface area (Å²) in [5.74, 6) is 0.435. The van der Waals surface area contributed by atoms with Gasteiger partial charge in [-0.25, -0.2) is 0 Å². The predicted molar refractivity (Wildman–Crippen MR) is 126 cm³/mol. The minimum Gasteiger partial charge on any atom is -0.257 e. The summed E-state index contributed by atoms with van der Waals surface area (Å²) in [7, 11) is 0. The van der Waals surface area contributed by atoms with Crippen molar-refractivity contribution in [1.29, 1.82) is 0 Å². The summed E-state index contributed by atoms with van der Waals surface area (Å²) in [4.78, 5) is 5.28. The van der Waals surface area contributed by atoms with Gasteiger partial charge < -0.3 is 0 Å². The first-order chi connectivity index (χ1) is 14.3. The molecule has 0 unspecified atom stereocenters. The van der Waals surface area contributed by atoms with Crippen molar-refractivity contribution in [2.45, 2.75) is 58.3 Å². The summed E-state index contributed by atoms with van der Waals surface area (Å²) in [5.41, 5.74) is 9.11. The van der Waals surface area contributed by atoms with Crippen LogP contribution >= 0.6 is 0 Å². The van der Waals surface area contributed by atoms with Gasteiger partial charge in [-0.1, -0.05) is 93.8 Å². The van der Waals surface area contributed by atoms with Crippen molar-refractivity contribution in [3.8, 4) is 22.3 Å². The van der Waals surface area contributed by atoms with Gasteiger partial charge in [-0.2, -0.15) is 0 Å². The summed E-state index contributed by atoms with van der Waals surface area (Å²) in [6, 6.07) is 26.4. The third kappa shape index (κ3) is 4.19. The maximum absolute atomic E-state index is 5.28. The fraction of sp³-hybridized carbons (Fsp3) is 0.321. The topological polar surface area (TPSA) is 12.4 Å². The van der Waals surface area contributed by atoms with Crippen LogP contribution in [0.2, 0.25) is 0 Å². The molecule has 0 amide bonds. The van der Waals surface area contributed by atoms with E-state index in [1.165, 1.54) is 65.6 Å². The highest BCUT2D eigenvalue weighted by molar-refractivity contribution is 5.99. The molecule has 1 aliphatic heterocycles. The lowest BCUT2D eigenvalue weighted by atomic mass is 9.83. The molecule has 1 heterocycles. The number of fused-ring (bicyclic) bond motifs is 3. The first kappa shape index (κ1) is 19.6. The molecule has 4 rings (SSSR count). The largest absolute Gasteiger partial charge is 0.257 e. The monoisotopic (exact) mass is 381 g/mol. The smallest absolute Gasteiger partial charge is 0.0708 e. The number of aliphatic imine (C=N–C) groups is 1. The van der Waals surface area contributed by atoms with Crippen LogP contribution in [0.5, 0.6) is 0 Å². The molecule has 29 heavy (non-hydrogen) atoms. The number of nitrogens with zero attached hydrogens (tertiary/aromatic N) is 1. The first-order valence-electron chi connectivity index (χ1n) is 11.2. The third-order valence-electron chi connectivity index (χ3n) is 6.03. The van der Waals surface area contributed by atoms with Gasteiger partial charge in [0, 0.05) is 17.2 Å². The highest BCUT2D eigenvalue weighted by Crippen LogP contribution is 2.43. The Morgan fingerprint density at radius 2 is 1.48 bits per heavy atom. The van der Waals surface area contributed by atoms with E-state index in [0.717, 1.165) is 12.1 Å². The third-order valence-corrected chi connectivity index (χ3v) is 6.03. The van der Waals surface area contributed by atoms with E-state index in [-0.39, 0.29) is 0 Å². The van der Waals surface area contributed by atoms with E-state index < -0.39 is 0 Å². The molecule has 1 heteroatoms. The molecule has 3 aromatic rings. The van der Waals surface area contributed by atoms with Crippen LogP contribution in [-0.2, 0) is 0 Å². The van der Waals surface area contributed by atoms with Crippen molar-refractivity contribution in [3.63, 3.8) is 0 Å². The normalized spacial score (nSPS) is 15.2. The second kappa shape index (κ2) is 9.22. The van der Waals surface area contributed by atoms with Gasteiger partial charge in [0.1, 0.15) is 0 Å². The van der Waals surface area contributed by atoms with Crippen LogP contribution in [0.3, 0.4) is 0 Å². The summed E-state index contributed by atoms with van der Waals surface area (Å²) in [6.45, 7) is 4.55. The van der Waals surface area contributed by atoms with E-state index in [2.05, 4.69) is 86.6 Å². The molecule has 1 aliphatic rings. The van der Waals surface area contributed by atoms with E-state index in [4.69, 9.17) is 4.99 Å². The van der Waals surface area contributed by atoms with Gasteiger partial charge in [0.05, 0.1) is 5.69 Å². The van der Waals surface area contributed by atoms with E-state index in [1.807, 2.05) is 0 Å². The number of unbranched alkanes of at least 4 members (excludes halogenated alkanes) is 2. The quantitative estimate of drug-likeness (QED) is 0.388. The van der Waals surface area contributed by atoms with Gasteiger partial charge >= 0.3 is 0 Å². The van der Waals surface area contributed by atoms with Crippen molar-refractivity contribution < 1.29 is 0 Å². The molecule has 0 aliphatic carbocycles. The van der Waals surface area contributed by atoms with Crippen LogP contribution in [0, 0.1) is 0 Å². The SMILES string of the molecule is CCCCC1=Nc2ccc(-c3ccccc3)cc2-c2ccccc2[C@H]1CCCC. The fourth-order valence-electron chi connectivity index (χ4n) is 4.44. The second-order valence-electron chi connectivity index (χ2n) is 8.09. The number of hydrogen-bond donors (Lipinski definition) is 0. The highest BCUT2D eigenvalue weighted by Gasteiger charge is 2.25. The predicted octanol–water partition coefficient (Wildman–Crippen LogP) is 8.57. The van der Waals surface area contributed by atoms with Crippen molar-refractivity contribution in [2.75, 3.05) is 0 Å². The molecule has 3 aromatic carbocycles. The maximum atomic E-state index is 5.28. The van der Waals surface area contributed by atoms with Gasteiger partial charge in [0.15, 0.2) is 0 Å². The zero-order valence-corrected chi connectivity index (χ0v) is 17.7. The van der Waals surface area contributed by atoms with Crippen LogP contribution < -0.4 is 0 Å². The minimum atomic E-state index is 0.435. The van der Waals surface area contributed by atoms with E-state index in [0.29, 0.717) is 5.92 Å². The Balaban J connectivity index is 1.87. The van der Waals surface area contributed by atoms with Crippen molar-refractivity contribution >= 4 is 11.4 Å². The van der Waals surface area contributed by atoms with Gasteiger partial charge in [-0.3, -0.25) is 4.99 Å². The fourth-order valence-corrected chi connectivity index (χ4v) is 4.44. The Morgan fingerprint density at radius 3 is 2.28 bits per heavy atom. The van der Waals surface area contributed by atoms with Gasteiger partial charge in [-0.05, 0) is 53.6 Å². The number of benzene rings is 3. The van der Waals surface area contributed by atoms with E-state index in [1.54, 1.807) is 0 Å². The van der Waals surface area contributed by atoms with Crippen molar-refractivity contribution in [3.05, 3.63) is 78.4 Å². The number of rotatable bonds is 7. The first-order valence-corrected chi connectivity index (χ1v) is 11.2. The molecule has 148 valence electrons. The van der Waals surface area contributed by atoms with Crippen LogP contribution in [0.1, 0.15) is 63.9 Å². The van der Waals surface area contributed by atoms with Gasteiger partial charge in [0.25, 0.3) is 0 Å². The standard InChI is InChI=1S/C28H31N/c1-3-5-14-25-23-15-10-11-16-24(23)26-20-22(21-12-8-7-9-13-21)18-19-28(26)29-27(25)17-6-4-2/h7-13,15-16,18-20,25H,3-6,14,17H2,1-2H3/t25-/m1/s1.